The van der Waals surface area contributed by atoms with Gasteiger partial charge in [0.25, 0.3) is 0 Å². The monoisotopic (exact) mass is 159 g/mol. The van der Waals surface area contributed by atoms with Gasteiger partial charge in [-0.3, -0.25) is 0 Å². The second kappa shape index (κ2) is 3.95. The zero-order valence-corrected chi connectivity index (χ0v) is 7.06. The van der Waals surface area contributed by atoms with Gasteiger partial charge in [-0.25, -0.2) is 4.99 Å². The predicted octanol–water partition coefficient (Wildman–Crippen LogP) is 1.12. The van der Waals surface area contributed by atoms with E-state index in [1.54, 1.807) is 0 Å². The Morgan fingerprint density at radius 2 is 1.82 bits per heavy atom. The highest BCUT2D eigenvalue weighted by Gasteiger charge is 2.02. The molecule has 0 radical (unpaired) electrons. The molecule has 4 heteroatoms. The first-order valence-electron chi connectivity index (χ1n) is 3.41. The molecule has 0 atom stereocenters. The molecule has 4 N–H and O–H groups in total. The normalized spacial score (nSPS) is 15.2. The van der Waals surface area contributed by atoms with Crippen molar-refractivity contribution in [2.75, 3.05) is 0 Å². The van der Waals surface area contributed by atoms with Gasteiger partial charge in [-0.15, -0.1) is 0 Å². The summed E-state index contributed by atoms with van der Waals surface area (Å²) in [6.45, 7) is 4.96. The molecule has 0 aliphatic rings. The van der Waals surface area contributed by atoms with E-state index < -0.39 is 5.97 Å². The number of nitrogens with two attached hydrogens (primary N) is 2. The van der Waals surface area contributed by atoms with Crippen LogP contribution in [0.4, 0.5) is 4.39 Å². The minimum absolute atomic E-state index is 0.0694. The molecule has 11 heavy (non-hydrogen) atoms. The highest BCUT2D eigenvalue weighted by Crippen LogP contribution is 2.06. The second-order valence-electron chi connectivity index (χ2n) is 2.60. The largest absolute Gasteiger partial charge is 0.399 e. The Hall–Kier alpha value is -1.06. The molecule has 0 saturated heterocycles. The molecule has 0 aliphatic heterocycles. The Morgan fingerprint density at radius 3 is 2.09 bits per heavy atom. The minimum Gasteiger partial charge on any atom is -0.399 e. The molecular weight excluding hydrogens is 145 g/mol. The van der Waals surface area contributed by atoms with Gasteiger partial charge < -0.3 is 11.5 Å². The Labute approximate surface area is 66.0 Å². The van der Waals surface area contributed by atoms with Gasteiger partial charge in [-0.1, -0.05) is 13.8 Å². The van der Waals surface area contributed by atoms with Gasteiger partial charge in [-0.05, 0) is 5.92 Å². The lowest BCUT2D eigenvalue weighted by molar-refractivity contribution is 0.733. The number of allylic oxidation sites excluding steroid dienone is 1. The van der Waals surface area contributed by atoms with Crippen LogP contribution in [0.2, 0.25) is 0 Å². The van der Waals surface area contributed by atoms with Crippen molar-refractivity contribution < 1.29 is 4.39 Å². The van der Waals surface area contributed by atoms with Crippen molar-refractivity contribution in [2.24, 2.45) is 22.4 Å². The summed E-state index contributed by atoms with van der Waals surface area (Å²) in [6.07, 6.45) is 0. The van der Waals surface area contributed by atoms with Crippen LogP contribution in [0, 0.1) is 5.92 Å². The molecule has 3 nitrogen and oxygen atoms in total. The summed E-state index contributed by atoms with van der Waals surface area (Å²) in [5, 5.41) is 0. The molecule has 0 heterocycles. The van der Waals surface area contributed by atoms with Gasteiger partial charge in [0.2, 0.25) is 0 Å². The van der Waals surface area contributed by atoms with Crippen molar-refractivity contribution in [3.63, 3.8) is 0 Å². The molecule has 0 unspecified atom stereocenters. The van der Waals surface area contributed by atoms with Crippen LogP contribution in [0.15, 0.2) is 16.5 Å². The molecule has 0 aromatic heterocycles. The zero-order valence-electron chi connectivity index (χ0n) is 7.06. The van der Waals surface area contributed by atoms with Crippen LogP contribution in [0.1, 0.15) is 20.8 Å². The summed E-state index contributed by atoms with van der Waals surface area (Å²) >= 11 is 0. The first-order valence-corrected chi connectivity index (χ1v) is 3.41. The van der Waals surface area contributed by atoms with E-state index in [0.717, 1.165) is 0 Å². The van der Waals surface area contributed by atoms with E-state index in [0.29, 0.717) is 5.70 Å². The van der Waals surface area contributed by atoms with E-state index in [2.05, 4.69) is 4.99 Å². The standard InChI is InChI=1S/C7H14FN3/c1-4(2)6(9)7(10)11-5(3)8/h4H,9-10H2,1-3H3/b7-6+,11-5+. The molecule has 0 aromatic rings. The number of hydrogen-bond acceptors (Lipinski definition) is 3. The lowest BCUT2D eigenvalue weighted by Gasteiger charge is -2.05. The zero-order chi connectivity index (χ0) is 9.02. The maximum atomic E-state index is 12.2. The average molecular weight is 159 g/mol. The van der Waals surface area contributed by atoms with Crippen LogP contribution in [0.3, 0.4) is 0 Å². The highest BCUT2D eigenvalue weighted by atomic mass is 19.1. The molecule has 0 rings (SSSR count). The van der Waals surface area contributed by atoms with Crippen LogP contribution in [0.5, 0.6) is 0 Å². The summed E-state index contributed by atoms with van der Waals surface area (Å²) in [6, 6.07) is 0. The van der Waals surface area contributed by atoms with Crippen molar-refractivity contribution >= 4 is 5.97 Å². The van der Waals surface area contributed by atoms with Crippen molar-refractivity contribution in [1.29, 1.82) is 0 Å². The first kappa shape index (κ1) is 9.94. The van der Waals surface area contributed by atoms with E-state index in [1.807, 2.05) is 13.8 Å². The number of halogens is 1. The first-order chi connectivity index (χ1) is 4.95. The fourth-order valence-corrected chi connectivity index (χ4v) is 0.526. The van der Waals surface area contributed by atoms with Crippen LogP contribution in [-0.2, 0) is 0 Å². The van der Waals surface area contributed by atoms with Gasteiger partial charge in [0.1, 0.15) is 5.82 Å². The van der Waals surface area contributed by atoms with E-state index in [-0.39, 0.29) is 11.7 Å². The summed E-state index contributed by atoms with van der Waals surface area (Å²) < 4.78 is 12.2. The Kier molecular flexibility index (Phi) is 3.57. The van der Waals surface area contributed by atoms with Gasteiger partial charge in [0.15, 0.2) is 5.97 Å². The maximum absolute atomic E-state index is 12.2. The Bertz CT molecular complexity index is 190. The van der Waals surface area contributed by atoms with E-state index in [4.69, 9.17) is 11.5 Å². The average Bonchev–Trinajstić information content (AvgIpc) is 1.84. The number of nitrogens with zero attached hydrogens (tertiary/aromatic N) is 1. The second-order valence-corrected chi connectivity index (χ2v) is 2.60. The predicted molar refractivity (Wildman–Crippen MR) is 44.5 cm³/mol. The van der Waals surface area contributed by atoms with Gasteiger partial charge in [-0.2, -0.15) is 4.39 Å². The topological polar surface area (TPSA) is 64.4 Å². The van der Waals surface area contributed by atoms with Crippen LogP contribution < -0.4 is 11.5 Å². The van der Waals surface area contributed by atoms with Crippen LogP contribution in [0.25, 0.3) is 0 Å². The van der Waals surface area contributed by atoms with Gasteiger partial charge in [0.05, 0.1) is 5.70 Å². The van der Waals surface area contributed by atoms with Crippen molar-refractivity contribution in [3.05, 3.63) is 11.5 Å². The van der Waals surface area contributed by atoms with Crippen LogP contribution >= 0.6 is 0 Å². The van der Waals surface area contributed by atoms with Crippen molar-refractivity contribution in [2.45, 2.75) is 20.8 Å². The summed E-state index contributed by atoms with van der Waals surface area (Å²) in [7, 11) is 0. The fourth-order valence-electron chi connectivity index (χ4n) is 0.526. The third-order valence-electron chi connectivity index (χ3n) is 1.19. The summed E-state index contributed by atoms with van der Waals surface area (Å²) in [4.78, 5) is 3.38. The smallest absolute Gasteiger partial charge is 0.187 e. The molecular formula is C7H14FN3. The number of aliphatic imine (C=N–C) groups is 1. The van der Waals surface area contributed by atoms with Gasteiger partial charge in [0, 0.05) is 6.92 Å². The van der Waals surface area contributed by atoms with Crippen LogP contribution in [-0.4, -0.2) is 5.97 Å². The molecule has 64 valence electrons. The third kappa shape index (κ3) is 3.60. The van der Waals surface area contributed by atoms with E-state index >= 15 is 0 Å². The summed E-state index contributed by atoms with van der Waals surface area (Å²) in [5.74, 6) is -0.413. The molecule has 0 saturated carbocycles. The Balaban J connectivity index is 4.54. The lowest BCUT2D eigenvalue weighted by Crippen LogP contribution is -2.13. The van der Waals surface area contributed by atoms with E-state index in [9.17, 15) is 4.39 Å². The molecule has 0 aromatic carbocycles. The Morgan fingerprint density at radius 1 is 1.36 bits per heavy atom. The lowest BCUT2D eigenvalue weighted by atomic mass is 10.1. The maximum Gasteiger partial charge on any atom is 0.187 e. The number of rotatable bonds is 2. The molecule has 0 fully saturated rings. The minimum atomic E-state index is -0.578. The quantitative estimate of drug-likeness (QED) is 0.593. The SMILES string of the molecule is C/C(F)=N\C(N)=C(\N)C(C)C. The van der Waals surface area contributed by atoms with Gasteiger partial charge >= 0.3 is 0 Å². The van der Waals surface area contributed by atoms with E-state index in [1.165, 1.54) is 6.92 Å². The molecule has 0 aliphatic carbocycles. The molecule has 0 spiro atoms. The molecule has 0 bridgehead atoms. The summed E-state index contributed by atoms with van der Waals surface area (Å²) in [5.41, 5.74) is 11.3. The van der Waals surface area contributed by atoms with Crippen molar-refractivity contribution in [1.82, 2.24) is 0 Å². The van der Waals surface area contributed by atoms with Crippen molar-refractivity contribution in [3.8, 4) is 0 Å². The molecule has 0 amide bonds. The third-order valence-corrected chi connectivity index (χ3v) is 1.19. The fraction of sp³-hybridized carbons (Fsp3) is 0.571. The number of hydrogen-bond donors (Lipinski definition) is 2. The highest BCUT2D eigenvalue weighted by molar-refractivity contribution is 5.72.